The topological polar surface area (TPSA) is 89.4 Å². The summed E-state index contributed by atoms with van der Waals surface area (Å²) in [7, 11) is 1.58. The number of aryl methyl sites for hydroxylation is 1. The zero-order valence-electron chi connectivity index (χ0n) is 21.9. The molecule has 0 saturated heterocycles. The highest BCUT2D eigenvalue weighted by atomic mass is 16.5. The second-order valence-corrected chi connectivity index (χ2v) is 9.69. The molecular weight excluding hydrogens is 466 g/mol. The van der Waals surface area contributed by atoms with Gasteiger partial charge in [0, 0.05) is 11.2 Å². The molecule has 0 saturated carbocycles. The van der Waals surface area contributed by atoms with Crippen LogP contribution in [0.2, 0.25) is 0 Å². The van der Waals surface area contributed by atoms with Crippen molar-refractivity contribution in [3.63, 3.8) is 0 Å². The van der Waals surface area contributed by atoms with Gasteiger partial charge in [0.15, 0.2) is 0 Å². The third kappa shape index (κ3) is 5.63. The van der Waals surface area contributed by atoms with Crippen molar-refractivity contribution in [1.82, 2.24) is 20.3 Å². The number of nitrogens with one attached hydrogen (secondary N) is 1. The number of hydrogen-bond acceptors (Lipinski definition) is 5. The molecule has 1 atom stereocenters. The average Bonchev–Trinajstić information content (AvgIpc) is 3.30. The maximum atomic E-state index is 14.1. The van der Waals surface area contributed by atoms with E-state index in [1.807, 2.05) is 94.4 Å². The maximum Gasteiger partial charge on any atom is 0.249 e. The summed E-state index contributed by atoms with van der Waals surface area (Å²) in [5.41, 5.74) is 3.14. The van der Waals surface area contributed by atoms with Crippen LogP contribution in [0.5, 0.6) is 5.75 Å². The molecule has 1 aromatic heterocycles. The van der Waals surface area contributed by atoms with E-state index in [9.17, 15) is 9.59 Å². The lowest BCUT2D eigenvalue weighted by atomic mass is 9.97. The summed E-state index contributed by atoms with van der Waals surface area (Å²) in [5.74, 6) is 0.0342. The number of carbonyl (C=O) groups excluding carboxylic acids is 2. The molecule has 192 valence electrons. The Labute approximate surface area is 217 Å². The number of methoxy groups -OCH3 is 1. The zero-order chi connectivity index (χ0) is 26.6. The molecule has 0 aliphatic rings. The standard InChI is InChI=1S/C29H33N5O3/c1-6-29(3,4)30-28(36)27(21-13-11-14-22(18-21)37-5)34(24-16-9-7-12-20(24)2)26(35)19-33-25-17-10-8-15-23(25)31-32-33/h7-18,27H,6,19H2,1-5H3,(H,30,36)/t27-/m0/s1. The third-order valence-electron chi connectivity index (χ3n) is 6.61. The van der Waals surface area contributed by atoms with E-state index in [0.717, 1.165) is 17.5 Å². The van der Waals surface area contributed by atoms with E-state index >= 15 is 0 Å². The molecule has 0 unspecified atom stereocenters. The number of benzene rings is 3. The number of ether oxygens (including phenoxy) is 1. The van der Waals surface area contributed by atoms with Crippen LogP contribution in [0, 0.1) is 6.92 Å². The van der Waals surface area contributed by atoms with Crippen molar-refractivity contribution in [2.45, 2.75) is 52.2 Å². The summed E-state index contributed by atoms with van der Waals surface area (Å²) in [6.07, 6.45) is 0.729. The summed E-state index contributed by atoms with van der Waals surface area (Å²) in [6.45, 7) is 7.79. The van der Waals surface area contributed by atoms with E-state index in [2.05, 4.69) is 15.6 Å². The molecule has 0 aliphatic carbocycles. The molecule has 8 nitrogen and oxygen atoms in total. The summed E-state index contributed by atoms with van der Waals surface area (Å²) >= 11 is 0. The van der Waals surface area contributed by atoms with Crippen molar-refractivity contribution < 1.29 is 14.3 Å². The van der Waals surface area contributed by atoms with E-state index in [1.54, 1.807) is 22.8 Å². The number of amides is 2. The maximum absolute atomic E-state index is 14.1. The van der Waals surface area contributed by atoms with Crippen LogP contribution in [-0.4, -0.2) is 39.5 Å². The van der Waals surface area contributed by atoms with Gasteiger partial charge in [-0.15, -0.1) is 5.10 Å². The van der Waals surface area contributed by atoms with Crippen LogP contribution in [0.25, 0.3) is 11.0 Å². The third-order valence-corrected chi connectivity index (χ3v) is 6.61. The van der Waals surface area contributed by atoms with E-state index in [4.69, 9.17) is 4.74 Å². The van der Waals surface area contributed by atoms with E-state index in [0.29, 0.717) is 22.5 Å². The molecule has 2 amide bonds. The second-order valence-electron chi connectivity index (χ2n) is 9.69. The number of anilines is 1. The van der Waals surface area contributed by atoms with Gasteiger partial charge < -0.3 is 10.1 Å². The Hall–Kier alpha value is -4.20. The molecule has 0 bridgehead atoms. The Kier molecular flexibility index (Phi) is 7.57. The van der Waals surface area contributed by atoms with Gasteiger partial charge in [-0.1, -0.05) is 54.6 Å². The highest BCUT2D eigenvalue weighted by molar-refractivity contribution is 6.02. The summed E-state index contributed by atoms with van der Waals surface area (Å²) in [5, 5.41) is 11.5. The first-order valence-corrected chi connectivity index (χ1v) is 12.4. The van der Waals surface area contributed by atoms with Gasteiger partial charge in [-0.25, -0.2) is 4.68 Å². The van der Waals surface area contributed by atoms with Crippen molar-refractivity contribution in [2.75, 3.05) is 12.0 Å². The van der Waals surface area contributed by atoms with Gasteiger partial charge in [0.1, 0.15) is 23.9 Å². The minimum Gasteiger partial charge on any atom is -0.497 e. The average molecular weight is 500 g/mol. The molecule has 37 heavy (non-hydrogen) atoms. The van der Waals surface area contributed by atoms with Gasteiger partial charge in [0.2, 0.25) is 11.8 Å². The van der Waals surface area contributed by atoms with Crippen LogP contribution >= 0.6 is 0 Å². The molecule has 8 heteroatoms. The van der Waals surface area contributed by atoms with Crippen LogP contribution < -0.4 is 15.0 Å². The Bertz CT molecular complexity index is 1410. The Morgan fingerprint density at radius 3 is 2.51 bits per heavy atom. The lowest BCUT2D eigenvalue weighted by Crippen LogP contribution is -2.51. The number of fused-ring (bicyclic) bond motifs is 1. The lowest BCUT2D eigenvalue weighted by Gasteiger charge is -2.35. The Morgan fingerprint density at radius 2 is 1.78 bits per heavy atom. The first-order valence-electron chi connectivity index (χ1n) is 12.4. The molecule has 4 rings (SSSR count). The number of para-hydroxylation sites is 2. The zero-order valence-corrected chi connectivity index (χ0v) is 21.9. The number of aromatic nitrogens is 3. The highest BCUT2D eigenvalue weighted by Gasteiger charge is 2.36. The van der Waals surface area contributed by atoms with E-state index in [-0.39, 0.29) is 18.4 Å². The predicted octanol–water partition coefficient (Wildman–Crippen LogP) is 4.83. The van der Waals surface area contributed by atoms with Crippen LogP contribution in [-0.2, 0) is 16.1 Å². The van der Waals surface area contributed by atoms with Crippen molar-refractivity contribution >= 4 is 28.5 Å². The summed E-state index contributed by atoms with van der Waals surface area (Å²) in [4.78, 5) is 29.7. The molecule has 0 spiro atoms. The minimum atomic E-state index is -0.940. The molecular formula is C29H33N5O3. The lowest BCUT2D eigenvalue weighted by molar-refractivity contribution is -0.128. The van der Waals surface area contributed by atoms with Crippen LogP contribution in [0.3, 0.4) is 0 Å². The second kappa shape index (κ2) is 10.8. The van der Waals surface area contributed by atoms with Crippen molar-refractivity contribution in [3.8, 4) is 5.75 Å². The molecule has 0 radical (unpaired) electrons. The number of nitrogens with zero attached hydrogens (tertiary/aromatic N) is 4. The van der Waals surface area contributed by atoms with Gasteiger partial charge in [-0.2, -0.15) is 0 Å². The quantitative estimate of drug-likeness (QED) is 0.356. The van der Waals surface area contributed by atoms with Gasteiger partial charge >= 0.3 is 0 Å². The van der Waals surface area contributed by atoms with Crippen molar-refractivity contribution in [2.24, 2.45) is 0 Å². The first kappa shape index (κ1) is 25.9. The fraction of sp³-hybridized carbons (Fsp3) is 0.310. The van der Waals surface area contributed by atoms with Gasteiger partial charge in [0.05, 0.1) is 12.6 Å². The monoisotopic (exact) mass is 499 g/mol. The first-order chi connectivity index (χ1) is 17.7. The number of hydrogen-bond donors (Lipinski definition) is 1. The fourth-order valence-electron chi connectivity index (χ4n) is 4.21. The van der Waals surface area contributed by atoms with Crippen LogP contribution in [0.15, 0.2) is 72.8 Å². The molecule has 0 aliphatic heterocycles. The molecule has 4 aromatic rings. The molecule has 3 aromatic carbocycles. The Morgan fingerprint density at radius 1 is 1.05 bits per heavy atom. The summed E-state index contributed by atoms with van der Waals surface area (Å²) < 4.78 is 7.02. The highest BCUT2D eigenvalue weighted by Crippen LogP contribution is 2.33. The smallest absolute Gasteiger partial charge is 0.249 e. The molecule has 1 heterocycles. The molecule has 1 N–H and O–H groups in total. The summed E-state index contributed by atoms with van der Waals surface area (Å²) in [6, 6.07) is 21.4. The van der Waals surface area contributed by atoms with Crippen LogP contribution in [0.1, 0.15) is 44.4 Å². The number of rotatable bonds is 9. The largest absolute Gasteiger partial charge is 0.497 e. The van der Waals surface area contributed by atoms with E-state index in [1.165, 1.54) is 0 Å². The SMILES string of the molecule is CCC(C)(C)NC(=O)[C@H](c1cccc(OC)c1)N(C(=O)Cn1nnc2ccccc21)c1ccccc1C. The fourth-order valence-corrected chi connectivity index (χ4v) is 4.21. The van der Waals surface area contributed by atoms with Gasteiger partial charge in [0.25, 0.3) is 0 Å². The Balaban J connectivity index is 1.85. The normalized spacial score (nSPS) is 12.2. The van der Waals surface area contributed by atoms with Crippen LogP contribution in [0.4, 0.5) is 5.69 Å². The van der Waals surface area contributed by atoms with Gasteiger partial charge in [-0.3, -0.25) is 14.5 Å². The predicted molar refractivity (Wildman–Crippen MR) is 144 cm³/mol. The van der Waals surface area contributed by atoms with Crippen molar-refractivity contribution in [3.05, 3.63) is 83.9 Å². The van der Waals surface area contributed by atoms with Crippen molar-refractivity contribution in [1.29, 1.82) is 0 Å². The number of carbonyl (C=O) groups is 2. The van der Waals surface area contributed by atoms with Gasteiger partial charge in [-0.05, 0) is 68.7 Å². The minimum absolute atomic E-state index is 0.0836. The molecule has 0 fully saturated rings. The van der Waals surface area contributed by atoms with E-state index < -0.39 is 11.6 Å².